The van der Waals surface area contributed by atoms with Gasteiger partial charge in [-0.25, -0.2) is 0 Å². The van der Waals surface area contributed by atoms with Crippen molar-refractivity contribution in [3.05, 3.63) is 34.3 Å². The van der Waals surface area contributed by atoms with Crippen molar-refractivity contribution in [2.45, 2.75) is 25.7 Å². The van der Waals surface area contributed by atoms with Gasteiger partial charge in [0.25, 0.3) is 0 Å². The molecule has 0 unspecified atom stereocenters. The number of rotatable bonds is 3. The van der Waals surface area contributed by atoms with E-state index < -0.39 is 0 Å². The van der Waals surface area contributed by atoms with Gasteiger partial charge in [-0.15, -0.1) is 0 Å². The highest BCUT2D eigenvalue weighted by molar-refractivity contribution is 9.10. The van der Waals surface area contributed by atoms with Crippen LogP contribution in [0.15, 0.2) is 28.7 Å². The summed E-state index contributed by atoms with van der Waals surface area (Å²) in [6.07, 6.45) is 5.06. The fourth-order valence-electron chi connectivity index (χ4n) is 2.27. The quantitative estimate of drug-likeness (QED) is 0.796. The van der Waals surface area contributed by atoms with Crippen LogP contribution in [-0.2, 0) is 0 Å². The van der Waals surface area contributed by atoms with E-state index in [1.54, 1.807) is 0 Å². The van der Waals surface area contributed by atoms with Crippen molar-refractivity contribution in [2.24, 2.45) is 0 Å². The highest BCUT2D eigenvalue weighted by Gasteiger charge is 2.15. The van der Waals surface area contributed by atoms with Gasteiger partial charge in [0.05, 0.1) is 6.54 Å². The lowest BCUT2D eigenvalue weighted by molar-refractivity contribution is 0.0932. The number of Topliss-reactive ketones (excluding diaryl/α,β-unsaturated/α-hetero) is 1. The highest BCUT2D eigenvalue weighted by atomic mass is 79.9. The number of hydrogen-bond donors (Lipinski definition) is 0. The predicted octanol–water partition coefficient (Wildman–Crippen LogP) is 3.51. The molecule has 1 fully saturated rings. The average Bonchev–Trinajstić information content (AvgIpc) is 2.58. The average molecular weight is 296 g/mol. The third-order valence-electron chi connectivity index (χ3n) is 3.24. The van der Waals surface area contributed by atoms with Crippen LogP contribution in [0.4, 0.5) is 0 Å². The smallest absolute Gasteiger partial charge is 0.177 e. The predicted molar refractivity (Wildman–Crippen MR) is 73.4 cm³/mol. The van der Waals surface area contributed by atoms with Crippen molar-refractivity contribution in [2.75, 3.05) is 19.6 Å². The van der Waals surface area contributed by atoms with E-state index in [9.17, 15) is 4.79 Å². The van der Waals surface area contributed by atoms with E-state index in [4.69, 9.17) is 0 Å². The third-order valence-corrected chi connectivity index (χ3v) is 3.93. The maximum Gasteiger partial charge on any atom is 0.177 e. The lowest BCUT2D eigenvalue weighted by Crippen LogP contribution is -2.30. The molecule has 1 aliphatic heterocycles. The van der Waals surface area contributed by atoms with Crippen LogP contribution in [-0.4, -0.2) is 30.3 Å². The van der Waals surface area contributed by atoms with Crippen LogP contribution in [0, 0.1) is 0 Å². The highest BCUT2D eigenvalue weighted by Crippen LogP contribution is 2.17. The van der Waals surface area contributed by atoms with Gasteiger partial charge in [0.2, 0.25) is 0 Å². The number of nitrogens with zero attached hydrogens (tertiary/aromatic N) is 1. The van der Waals surface area contributed by atoms with E-state index in [2.05, 4.69) is 20.8 Å². The van der Waals surface area contributed by atoms with E-state index in [-0.39, 0.29) is 5.78 Å². The SMILES string of the molecule is O=C(CN1CCCCCC1)c1ccccc1Br. The number of carbonyl (C=O) groups excluding carboxylic acids is 1. The molecule has 1 aliphatic rings. The number of hydrogen-bond acceptors (Lipinski definition) is 2. The van der Waals surface area contributed by atoms with Crippen molar-refractivity contribution in [3.8, 4) is 0 Å². The molecule has 1 aromatic carbocycles. The van der Waals surface area contributed by atoms with E-state index in [0.717, 1.165) is 23.1 Å². The summed E-state index contributed by atoms with van der Waals surface area (Å²) in [5.41, 5.74) is 0.803. The maximum absolute atomic E-state index is 12.2. The summed E-state index contributed by atoms with van der Waals surface area (Å²) in [6, 6.07) is 7.67. The lowest BCUT2D eigenvalue weighted by atomic mass is 10.1. The molecule has 2 nitrogen and oxygen atoms in total. The Morgan fingerprint density at radius 1 is 1.12 bits per heavy atom. The Hall–Kier alpha value is -0.670. The summed E-state index contributed by atoms with van der Waals surface area (Å²) in [7, 11) is 0. The van der Waals surface area contributed by atoms with Crippen molar-refractivity contribution >= 4 is 21.7 Å². The van der Waals surface area contributed by atoms with Gasteiger partial charge in [-0.3, -0.25) is 9.69 Å². The van der Waals surface area contributed by atoms with Crippen LogP contribution in [0.1, 0.15) is 36.0 Å². The Kier molecular flexibility index (Phi) is 4.75. The molecule has 0 N–H and O–H groups in total. The van der Waals surface area contributed by atoms with E-state index >= 15 is 0 Å². The zero-order valence-corrected chi connectivity index (χ0v) is 11.6. The molecule has 0 amide bonds. The van der Waals surface area contributed by atoms with Gasteiger partial charge in [-0.1, -0.05) is 47.0 Å². The summed E-state index contributed by atoms with van der Waals surface area (Å²) in [4.78, 5) is 14.5. The molecule has 0 spiro atoms. The molecule has 0 radical (unpaired) electrons. The number of benzene rings is 1. The minimum Gasteiger partial charge on any atom is -0.296 e. The number of likely N-dealkylation sites (tertiary alicyclic amines) is 1. The van der Waals surface area contributed by atoms with Gasteiger partial charge in [-0.2, -0.15) is 0 Å². The Morgan fingerprint density at radius 2 is 1.76 bits per heavy atom. The zero-order chi connectivity index (χ0) is 12.1. The molecule has 3 heteroatoms. The lowest BCUT2D eigenvalue weighted by Gasteiger charge is -2.18. The summed E-state index contributed by atoms with van der Waals surface area (Å²) < 4.78 is 0.903. The molecular formula is C14H18BrNO. The molecule has 17 heavy (non-hydrogen) atoms. The van der Waals surface area contributed by atoms with Gasteiger partial charge < -0.3 is 0 Å². The van der Waals surface area contributed by atoms with Crippen LogP contribution in [0.3, 0.4) is 0 Å². The molecule has 2 rings (SSSR count). The second-order valence-corrected chi connectivity index (χ2v) is 5.45. The molecule has 0 saturated carbocycles. The second kappa shape index (κ2) is 6.31. The molecule has 1 heterocycles. The first kappa shape index (κ1) is 12.8. The summed E-state index contributed by atoms with van der Waals surface area (Å²) in [5.74, 6) is 0.222. The number of halogens is 1. The van der Waals surface area contributed by atoms with Crippen LogP contribution < -0.4 is 0 Å². The van der Waals surface area contributed by atoms with Crippen LogP contribution in [0.5, 0.6) is 0 Å². The van der Waals surface area contributed by atoms with Crippen molar-refractivity contribution in [1.29, 1.82) is 0 Å². The van der Waals surface area contributed by atoms with Gasteiger partial charge >= 0.3 is 0 Å². The molecule has 1 aromatic rings. The van der Waals surface area contributed by atoms with Crippen molar-refractivity contribution in [1.82, 2.24) is 4.90 Å². The van der Waals surface area contributed by atoms with E-state index in [1.807, 2.05) is 24.3 Å². The van der Waals surface area contributed by atoms with Gasteiger partial charge in [0.15, 0.2) is 5.78 Å². The Morgan fingerprint density at radius 3 is 2.41 bits per heavy atom. The van der Waals surface area contributed by atoms with E-state index in [0.29, 0.717) is 6.54 Å². The zero-order valence-electron chi connectivity index (χ0n) is 9.99. The van der Waals surface area contributed by atoms with Gasteiger partial charge in [0.1, 0.15) is 0 Å². The molecule has 0 atom stereocenters. The van der Waals surface area contributed by atoms with E-state index in [1.165, 1.54) is 25.7 Å². The second-order valence-electron chi connectivity index (χ2n) is 4.59. The minimum atomic E-state index is 0.222. The first-order valence-electron chi connectivity index (χ1n) is 6.27. The molecule has 0 bridgehead atoms. The first-order chi connectivity index (χ1) is 8.27. The van der Waals surface area contributed by atoms with Gasteiger partial charge in [-0.05, 0) is 32.0 Å². The molecule has 0 aliphatic carbocycles. The monoisotopic (exact) mass is 295 g/mol. The van der Waals surface area contributed by atoms with Gasteiger partial charge in [0, 0.05) is 10.0 Å². The standard InChI is InChI=1S/C14H18BrNO/c15-13-8-4-3-7-12(13)14(17)11-16-9-5-1-2-6-10-16/h3-4,7-8H,1-2,5-6,9-11H2. The topological polar surface area (TPSA) is 20.3 Å². The van der Waals surface area contributed by atoms with Crippen LogP contribution >= 0.6 is 15.9 Å². The summed E-state index contributed by atoms with van der Waals surface area (Å²) in [5, 5.41) is 0. The molecule has 1 saturated heterocycles. The third kappa shape index (κ3) is 3.65. The Labute approximate surface area is 111 Å². The normalized spacial score (nSPS) is 17.7. The Balaban J connectivity index is 1.98. The first-order valence-corrected chi connectivity index (χ1v) is 7.07. The fraction of sp³-hybridized carbons (Fsp3) is 0.500. The Bertz CT molecular complexity index is 384. The fourth-order valence-corrected chi connectivity index (χ4v) is 2.78. The maximum atomic E-state index is 12.2. The molecule has 0 aromatic heterocycles. The summed E-state index contributed by atoms with van der Waals surface area (Å²) >= 11 is 3.44. The van der Waals surface area contributed by atoms with Crippen LogP contribution in [0.2, 0.25) is 0 Å². The van der Waals surface area contributed by atoms with Crippen molar-refractivity contribution < 1.29 is 4.79 Å². The molecule has 92 valence electrons. The molecular weight excluding hydrogens is 278 g/mol. The number of ketones is 1. The van der Waals surface area contributed by atoms with Crippen molar-refractivity contribution in [3.63, 3.8) is 0 Å². The largest absolute Gasteiger partial charge is 0.296 e. The van der Waals surface area contributed by atoms with Crippen LogP contribution in [0.25, 0.3) is 0 Å². The number of carbonyl (C=O) groups is 1. The minimum absolute atomic E-state index is 0.222. The summed E-state index contributed by atoms with van der Waals surface area (Å²) in [6.45, 7) is 2.69.